The second-order valence-corrected chi connectivity index (χ2v) is 4.75. The van der Waals surface area contributed by atoms with Crippen LogP contribution in [0, 0.1) is 12.7 Å². The van der Waals surface area contributed by atoms with Crippen LogP contribution in [0.1, 0.15) is 18.9 Å². The number of nitrogen functional groups attached to an aromatic ring is 1. The van der Waals surface area contributed by atoms with E-state index >= 15 is 0 Å². The van der Waals surface area contributed by atoms with E-state index in [1.54, 1.807) is 18.2 Å². The third-order valence-electron chi connectivity index (χ3n) is 2.81. The lowest BCUT2D eigenvalue weighted by atomic mass is 10.2. The number of nitrogens with one attached hydrogen (secondary N) is 1. The average molecular weight is 274 g/mol. The fraction of sp³-hybridized carbons (Fsp3) is 0.250. The summed E-state index contributed by atoms with van der Waals surface area (Å²) in [6.45, 7) is 4.51. The van der Waals surface area contributed by atoms with Crippen LogP contribution in [0.2, 0.25) is 0 Å². The Balaban J connectivity index is 2.21. The van der Waals surface area contributed by atoms with Crippen molar-refractivity contribution in [1.29, 1.82) is 0 Å². The Morgan fingerprint density at radius 1 is 1.20 bits per heavy atom. The summed E-state index contributed by atoms with van der Waals surface area (Å²) in [5, 5.41) is 3.02. The van der Waals surface area contributed by atoms with Crippen molar-refractivity contribution in [3.05, 3.63) is 47.8 Å². The monoisotopic (exact) mass is 274 g/mol. The van der Waals surface area contributed by atoms with Crippen LogP contribution in [0.15, 0.2) is 36.4 Å². The first-order chi connectivity index (χ1) is 9.58. The van der Waals surface area contributed by atoms with Gasteiger partial charge in [0.15, 0.2) is 0 Å². The zero-order chi connectivity index (χ0) is 14.5. The molecule has 0 aliphatic heterocycles. The smallest absolute Gasteiger partial charge is 0.146 e. The van der Waals surface area contributed by atoms with E-state index in [2.05, 4.69) is 5.32 Å². The van der Waals surface area contributed by atoms with Gasteiger partial charge in [0.25, 0.3) is 0 Å². The maximum atomic E-state index is 13.8. The van der Waals surface area contributed by atoms with E-state index in [4.69, 9.17) is 10.5 Å². The number of hydrogen-bond donors (Lipinski definition) is 2. The van der Waals surface area contributed by atoms with Gasteiger partial charge in [0.1, 0.15) is 11.6 Å². The second-order valence-electron chi connectivity index (χ2n) is 4.75. The molecule has 0 fully saturated rings. The van der Waals surface area contributed by atoms with E-state index in [1.807, 2.05) is 26.0 Å². The van der Waals surface area contributed by atoms with Crippen LogP contribution < -0.4 is 15.8 Å². The third kappa shape index (κ3) is 3.63. The lowest BCUT2D eigenvalue weighted by molar-refractivity contribution is 0.318. The normalized spacial score (nSPS) is 10.3. The van der Waals surface area contributed by atoms with Crippen LogP contribution in [0.25, 0.3) is 0 Å². The highest BCUT2D eigenvalue weighted by Crippen LogP contribution is 2.27. The molecule has 2 aromatic rings. The molecule has 106 valence electrons. The molecule has 0 atom stereocenters. The van der Waals surface area contributed by atoms with Crippen molar-refractivity contribution in [3.8, 4) is 5.75 Å². The Labute approximate surface area is 118 Å². The van der Waals surface area contributed by atoms with Crippen LogP contribution >= 0.6 is 0 Å². The van der Waals surface area contributed by atoms with Gasteiger partial charge in [-0.3, -0.25) is 0 Å². The molecule has 3 nitrogen and oxygen atoms in total. The largest absolute Gasteiger partial charge is 0.493 e. The number of anilines is 3. The topological polar surface area (TPSA) is 47.3 Å². The number of benzene rings is 2. The molecule has 0 aliphatic rings. The molecule has 20 heavy (non-hydrogen) atoms. The van der Waals surface area contributed by atoms with Gasteiger partial charge in [-0.2, -0.15) is 0 Å². The molecule has 0 amide bonds. The Bertz CT molecular complexity index is 599. The highest BCUT2D eigenvalue weighted by atomic mass is 19.1. The van der Waals surface area contributed by atoms with Gasteiger partial charge >= 0.3 is 0 Å². The summed E-state index contributed by atoms with van der Waals surface area (Å²) in [6, 6.07) is 10.4. The summed E-state index contributed by atoms with van der Waals surface area (Å²) in [5.41, 5.74) is 8.42. The molecule has 0 saturated carbocycles. The van der Waals surface area contributed by atoms with E-state index in [0.717, 1.165) is 12.0 Å². The molecule has 0 aromatic heterocycles. The van der Waals surface area contributed by atoms with E-state index < -0.39 is 0 Å². The zero-order valence-electron chi connectivity index (χ0n) is 11.7. The molecule has 0 radical (unpaired) electrons. The molecular weight excluding hydrogens is 255 g/mol. The Morgan fingerprint density at radius 2 is 2.00 bits per heavy atom. The van der Waals surface area contributed by atoms with Crippen molar-refractivity contribution in [2.24, 2.45) is 0 Å². The van der Waals surface area contributed by atoms with Crippen LogP contribution in [0.5, 0.6) is 5.75 Å². The van der Waals surface area contributed by atoms with E-state index in [9.17, 15) is 4.39 Å². The lowest BCUT2D eigenvalue weighted by Gasteiger charge is -2.12. The van der Waals surface area contributed by atoms with E-state index in [-0.39, 0.29) is 5.82 Å². The summed E-state index contributed by atoms with van der Waals surface area (Å²) >= 11 is 0. The van der Waals surface area contributed by atoms with Crippen LogP contribution in [-0.4, -0.2) is 6.61 Å². The Kier molecular flexibility index (Phi) is 4.45. The molecule has 0 unspecified atom stereocenters. The molecular formula is C16H19FN2O. The average Bonchev–Trinajstić information content (AvgIpc) is 2.39. The maximum absolute atomic E-state index is 13.8. The van der Waals surface area contributed by atoms with Crippen molar-refractivity contribution in [2.45, 2.75) is 20.3 Å². The van der Waals surface area contributed by atoms with Gasteiger partial charge in [-0.05, 0) is 37.1 Å². The SMILES string of the molecule is CCCOc1cc(N)cc(Nc2ccc(C)cc2F)c1. The minimum atomic E-state index is -0.288. The van der Waals surface area contributed by atoms with Gasteiger partial charge in [-0.25, -0.2) is 4.39 Å². The quantitative estimate of drug-likeness (QED) is 0.801. The summed E-state index contributed by atoms with van der Waals surface area (Å²) in [4.78, 5) is 0. The predicted octanol–water partition coefficient (Wildman–Crippen LogP) is 4.25. The van der Waals surface area contributed by atoms with Crippen LogP contribution in [0.3, 0.4) is 0 Å². The molecule has 0 saturated heterocycles. The van der Waals surface area contributed by atoms with Gasteiger partial charge in [0.2, 0.25) is 0 Å². The van der Waals surface area contributed by atoms with E-state index in [1.165, 1.54) is 6.07 Å². The van der Waals surface area contributed by atoms with Crippen molar-refractivity contribution in [3.63, 3.8) is 0 Å². The molecule has 0 spiro atoms. The fourth-order valence-corrected chi connectivity index (χ4v) is 1.87. The number of hydrogen-bond acceptors (Lipinski definition) is 3. The van der Waals surface area contributed by atoms with Crippen LogP contribution in [0.4, 0.5) is 21.5 Å². The molecule has 0 bridgehead atoms. The first-order valence-corrected chi connectivity index (χ1v) is 6.65. The Hall–Kier alpha value is -2.23. The molecule has 4 heteroatoms. The summed E-state index contributed by atoms with van der Waals surface area (Å²) in [6.07, 6.45) is 0.921. The zero-order valence-corrected chi connectivity index (χ0v) is 11.7. The highest BCUT2D eigenvalue weighted by molar-refractivity contribution is 5.66. The maximum Gasteiger partial charge on any atom is 0.146 e. The first kappa shape index (κ1) is 14.2. The van der Waals surface area contributed by atoms with Crippen molar-refractivity contribution in [2.75, 3.05) is 17.7 Å². The number of halogens is 1. The fourth-order valence-electron chi connectivity index (χ4n) is 1.87. The van der Waals surface area contributed by atoms with Gasteiger partial charge < -0.3 is 15.8 Å². The minimum absolute atomic E-state index is 0.288. The van der Waals surface area contributed by atoms with Crippen molar-refractivity contribution >= 4 is 17.1 Å². The molecule has 3 N–H and O–H groups in total. The number of ether oxygens (including phenoxy) is 1. The lowest BCUT2D eigenvalue weighted by Crippen LogP contribution is -1.99. The molecule has 2 rings (SSSR count). The number of aryl methyl sites for hydroxylation is 1. The molecule has 0 aliphatic carbocycles. The van der Waals surface area contributed by atoms with Gasteiger partial charge in [-0.1, -0.05) is 13.0 Å². The summed E-state index contributed by atoms with van der Waals surface area (Å²) in [5.74, 6) is 0.394. The Morgan fingerprint density at radius 3 is 2.70 bits per heavy atom. The van der Waals surface area contributed by atoms with E-state index in [0.29, 0.717) is 29.4 Å². The first-order valence-electron chi connectivity index (χ1n) is 6.65. The minimum Gasteiger partial charge on any atom is -0.493 e. The summed E-state index contributed by atoms with van der Waals surface area (Å²) < 4.78 is 19.4. The van der Waals surface area contributed by atoms with Crippen molar-refractivity contribution < 1.29 is 9.13 Å². The molecule has 2 aromatic carbocycles. The molecule has 0 heterocycles. The van der Waals surface area contributed by atoms with Gasteiger partial charge in [0, 0.05) is 23.5 Å². The second kappa shape index (κ2) is 6.28. The van der Waals surface area contributed by atoms with Crippen LogP contribution in [-0.2, 0) is 0 Å². The number of rotatable bonds is 5. The predicted molar refractivity (Wildman–Crippen MR) is 81.1 cm³/mol. The third-order valence-corrected chi connectivity index (χ3v) is 2.81. The van der Waals surface area contributed by atoms with Gasteiger partial charge in [0.05, 0.1) is 12.3 Å². The summed E-state index contributed by atoms with van der Waals surface area (Å²) in [7, 11) is 0. The highest BCUT2D eigenvalue weighted by Gasteiger charge is 2.05. The van der Waals surface area contributed by atoms with Gasteiger partial charge in [-0.15, -0.1) is 0 Å². The number of nitrogens with two attached hydrogens (primary N) is 1. The van der Waals surface area contributed by atoms with Crippen molar-refractivity contribution in [1.82, 2.24) is 0 Å². The standard InChI is InChI=1S/C16H19FN2O/c1-3-6-20-14-9-12(18)8-13(10-14)19-16-5-4-11(2)7-15(16)17/h4-5,7-10,19H,3,6,18H2,1-2H3.